The van der Waals surface area contributed by atoms with Gasteiger partial charge in [0.1, 0.15) is 0 Å². The van der Waals surface area contributed by atoms with Crippen LogP contribution in [0, 0.1) is 0 Å². The second kappa shape index (κ2) is 5.66. The van der Waals surface area contributed by atoms with Crippen molar-refractivity contribution in [3.63, 3.8) is 0 Å². The van der Waals surface area contributed by atoms with Gasteiger partial charge in [0.05, 0.1) is 29.3 Å². The van der Waals surface area contributed by atoms with Crippen molar-refractivity contribution in [2.24, 2.45) is 0 Å². The van der Waals surface area contributed by atoms with E-state index in [0.29, 0.717) is 18.8 Å². The van der Waals surface area contributed by atoms with Crippen molar-refractivity contribution < 1.29 is 21.6 Å². The fraction of sp³-hybridized carbons (Fsp3) is 0.545. The summed E-state index contributed by atoms with van der Waals surface area (Å²) >= 11 is 0. The minimum atomic E-state index is -4.39. The molecule has 0 spiro atoms. The molecule has 1 aromatic rings. The van der Waals surface area contributed by atoms with Crippen molar-refractivity contribution in [1.29, 1.82) is 0 Å². The zero-order valence-corrected chi connectivity index (χ0v) is 11.3. The highest BCUT2D eigenvalue weighted by atomic mass is 32.2. The number of rotatable bonds is 3. The summed E-state index contributed by atoms with van der Waals surface area (Å²) in [7, 11) is -2.94. The van der Waals surface area contributed by atoms with E-state index >= 15 is 0 Å². The standard InChI is InChI=1S/C11H14F3N3O2S/c12-11(13,14)9-1-2-10(15-7-9)8-16-17-3-5-20(18,19)6-4-17/h1-2,7,16H,3-6,8H2. The fourth-order valence-corrected chi connectivity index (χ4v) is 2.96. The summed E-state index contributed by atoms with van der Waals surface area (Å²) < 4.78 is 59.5. The van der Waals surface area contributed by atoms with Crippen LogP contribution in [-0.2, 0) is 22.6 Å². The van der Waals surface area contributed by atoms with E-state index in [1.165, 1.54) is 6.07 Å². The second-order valence-corrected chi connectivity index (χ2v) is 6.81. The first kappa shape index (κ1) is 15.2. The van der Waals surface area contributed by atoms with Crippen molar-refractivity contribution in [3.8, 4) is 0 Å². The lowest BCUT2D eigenvalue weighted by Gasteiger charge is -2.26. The van der Waals surface area contributed by atoms with Gasteiger partial charge in [-0.1, -0.05) is 0 Å². The number of nitrogens with one attached hydrogen (secondary N) is 1. The summed E-state index contributed by atoms with van der Waals surface area (Å²) in [4.78, 5) is 3.73. The Kier molecular flexibility index (Phi) is 4.31. The van der Waals surface area contributed by atoms with Gasteiger partial charge in [-0.3, -0.25) is 4.98 Å². The van der Waals surface area contributed by atoms with Crippen LogP contribution in [0.1, 0.15) is 11.3 Å². The molecule has 0 unspecified atom stereocenters. The monoisotopic (exact) mass is 309 g/mol. The number of sulfone groups is 1. The maximum atomic E-state index is 12.3. The molecular formula is C11H14F3N3O2S. The largest absolute Gasteiger partial charge is 0.417 e. The van der Waals surface area contributed by atoms with Crippen molar-refractivity contribution in [3.05, 3.63) is 29.6 Å². The number of hydrogen-bond donors (Lipinski definition) is 1. The summed E-state index contributed by atoms with van der Waals surface area (Å²) in [5.41, 5.74) is 2.64. The Morgan fingerprint density at radius 1 is 1.25 bits per heavy atom. The van der Waals surface area contributed by atoms with Crippen molar-refractivity contribution in [1.82, 2.24) is 15.4 Å². The van der Waals surface area contributed by atoms with E-state index in [9.17, 15) is 21.6 Å². The number of hydrazine groups is 1. The summed E-state index contributed by atoms with van der Waals surface area (Å²) in [6.45, 7) is 0.990. The predicted molar refractivity (Wildman–Crippen MR) is 66.3 cm³/mol. The quantitative estimate of drug-likeness (QED) is 0.896. The lowest BCUT2D eigenvalue weighted by atomic mass is 10.2. The lowest BCUT2D eigenvalue weighted by Crippen LogP contribution is -2.47. The molecule has 1 aromatic heterocycles. The Hall–Kier alpha value is -1.19. The van der Waals surface area contributed by atoms with Gasteiger partial charge in [-0.2, -0.15) is 13.2 Å². The number of halogens is 3. The molecule has 0 saturated carbocycles. The fourth-order valence-electron chi connectivity index (χ4n) is 1.76. The van der Waals surface area contributed by atoms with Crippen LogP contribution in [-0.4, -0.2) is 43.0 Å². The SMILES string of the molecule is O=S1(=O)CCN(NCc2ccc(C(F)(F)F)cn2)CC1. The van der Waals surface area contributed by atoms with E-state index in [0.717, 1.165) is 12.3 Å². The highest BCUT2D eigenvalue weighted by Gasteiger charge is 2.30. The molecule has 1 aliphatic heterocycles. The molecule has 0 bridgehead atoms. The average molecular weight is 309 g/mol. The average Bonchev–Trinajstić information content (AvgIpc) is 2.37. The van der Waals surface area contributed by atoms with Crippen LogP contribution in [0.3, 0.4) is 0 Å². The summed E-state index contributed by atoms with van der Waals surface area (Å²) in [5.74, 6) is 0.168. The minimum absolute atomic E-state index is 0.0838. The van der Waals surface area contributed by atoms with Crippen LogP contribution >= 0.6 is 0 Å². The third kappa shape index (κ3) is 4.15. The Balaban J connectivity index is 1.86. The van der Waals surface area contributed by atoms with E-state index in [1.807, 2.05) is 0 Å². The van der Waals surface area contributed by atoms with Crippen LogP contribution in [0.5, 0.6) is 0 Å². The van der Waals surface area contributed by atoms with Gasteiger partial charge in [-0.05, 0) is 12.1 Å². The summed E-state index contributed by atoms with van der Waals surface area (Å²) in [5, 5.41) is 1.74. The Bertz CT molecular complexity index is 543. The molecule has 9 heteroatoms. The number of hydrogen-bond acceptors (Lipinski definition) is 5. The normalized spacial score (nSPS) is 19.9. The minimum Gasteiger partial charge on any atom is -0.259 e. The first-order valence-electron chi connectivity index (χ1n) is 5.97. The highest BCUT2D eigenvalue weighted by Crippen LogP contribution is 2.28. The molecule has 0 radical (unpaired) electrons. The third-order valence-electron chi connectivity index (χ3n) is 2.98. The molecule has 2 heterocycles. The Morgan fingerprint density at radius 2 is 1.90 bits per heavy atom. The molecule has 1 N–H and O–H groups in total. The molecule has 2 rings (SSSR count). The summed E-state index contributed by atoms with van der Waals surface area (Å²) in [6, 6.07) is 2.28. The summed E-state index contributed by atoms with van der Waals surface area (Å²) in [6.07, 6.45) is -3.60. The molecule has 20 heavy (non-hydrogen) atoms. The maximum Gasteiger partial charge on any atom is 0.417 e. The van der Waals surface area contributed by atoms with Crippen molar-refractivity contribution in [2.75, 3.05) is 24.6 Å². The molecule has 1 aliphatic rings. The number of nitrogens with zero attached hydrogens (tertiary/aromatic N) is 2. The number of pyridine rings is 1. The van der Waals surface area contributed by atoms with Gasteiger partial charge < -0.3 is 0 Å². The lowest BCUT2D eigenvalue weighted by molar-refractivity contribution is -0.137. The smallest absolute Gasteiger partial charge is 0.259 e. The molecule has 0 aliphatic carbocycles. The second-order valence-electron chi connectivity index (χ2n) is 4.51. The Morgan fingerprint density at radius 3 is 2.40 bits per heavy atom. The zero-order valence-electron chi connectivity index (χ0n) is 10.5. The van der Waals surface area contributed by atoms with E-state index in [1.54, 1.807) is 5.01 Å². The molecule has 1 fully saturated rings. The zero-order chi connectivity index (χ0) is 14.8. The first-order valence-corrected chi connectivity index (χ1v) is 7.79. The molecule has 1 saturated heterocycles. The number of aromatic nitrogens is 1. The molecule has 5 nitrogen and oxygen atoms in total. The third-order valence-corrected chi connectivity index (χ3v) is 4.59. The van der Waals surface area contributed by atoms with E-state index in [4.69, 9.17) is 0 Å². The van der Waals surface area contributed by atoms with Gasteiger partial charge in [0.2, 0.25) is 0 Å². The highest BCUT2D eigenvalue weighted by molar-refractivity contribution is 7.91. The molecule has 112 valence electrons. The molecule has 0 aromatic carbocycles. The van der Waals surface area contributed by atoms with Gasteiger partial charge in [-0.25, -0.2) is 18.9 Å². The van der Waals surface area contributed by atoms with Gasteiger partial charge in [0.15, 0.2) is 9.84 Å². The van der Waals surface area contributed by atoms with Crippen molar-refractivity contribution in [2.45, 2.75) is 12.7 Å². The van der Waals surface area contributed by atoms with Gasteiger partial charge in [0, 0.05) is 19.3 Å². The molecular weight excluding hydrogens is 295 g/mol. The van der Waals surface area contributed by atoms with Crippen LogP contribution in [0.2, 0.25) is 0 Å². The van der Waals surface area contributed by atoms with Crippen molar-refractivity contribution >= 4 is 9.84 Å². The van der Waals surface area contributed by atoms with Gasteiger partial charge >= 0.3 is 6.18 Å². The maximum absolute atomic E-state index is 12.3. The van der Waals surface area contributed by atoms with E-state index in [-0.39, 0.29) is 18.1 Å². The number of alkyl halides is 3. The van der Waals surface area contributed by atoms with E-state index in [2.05, 4.69) is 10.4 Å². The first-order chi connectivity index (χ1) is 9.26. The molecule has 0 atom stereocenters. The predicted octanol–water partition coefficient (Wildman–Crippen LogP) is 0.835. The Labute approximate surface area is 114 Å². The van der Waals surface area contributed by atoms with Crippen LogP contribution in [0.15, 0.2) is 18.3 Å². The van der Waals surface area contributed by atoms with E-state index < -0.39 is 21.6 Å². The van der Waals surface area contributed by atoms with Gasteiger partial charge in [0.25, 0.3) is 0 Å². The topological polar surface area (TPSA) is 62.3 Å². The van der Waals surface area contributed by atoms with Crippen LogP contribution in [0.4, 0.5) is 13.2 Å². The van der Waals surface area contributed by atoms with Gasteiger partial charge in [-0.15, -0.1) is 0 Å². The molecule has 0 amide bonds. The van der Waals surface area contributed by atoms with Crippen LogP contribution in [0.25, 0.3) is 0 Å². The van der Waals surface area contributed by atoms with Crippen LogP contribution < -0.4 is 5.43 Å².